The van der Waals surface area contributed by atoms with Crippen LogP contribution < -0.4 is 4.74 Å². The lowest BCUT2D eigenvalue weighted by molar-refractivity contribution is 0.402. The van der Waals surface area contributed by atoms with Gasteiger partial charge in [0.25, 0.3) is 5.89 Å². The van der Waals surface area contributed by atoms with Gasteiger partial charge in [0.05, 0.1) is 7.11 Å². The number of nitrogens with zero attached hydrogens (tertiary/aromatic N) is 2. The fourth-order valence-electron chi connectivity index (χ4n) is 1.85. The molecule has 6 heteroatoms. The van der Waals surface area contributed by atoms with Crippen LogP contribution in [0.25, 0.3) is 22.8 Å². The van der Waals surface area contributed by atoms with E-state index in [4.69, 9.17) is 9.26 Å². The summed E-state index contributed by atoms with van der Waals surface area (Å²) in [6.45, 7) is 0. The third-order valence-electron chi connectivity index (χ3n) is 3.00. The second kappa shape index (κ2) is 5.16. The van der Waals surface area contributed by atoms with E-state index in [0.29, 0.717) is 11.4 Å². The predicted molar refractivity (Wildman–Crippen MR) is 75.1 cm³/mol. The van der Waals surface area contributed by atoms with E-state index in [1.807, 2.05) is 12.1 Å². The van der Waals surface area contributed by atoms with E-state index >= 15 is 0 Å². The highest BCUT2D eigenvalue weighted by Crippen LogP contribution is 2.30. The zero-order chi connectivity index (χ0) is 14.8. The van der Waals surface area contributed by atoms with Crippen molar-refractivity contribution < 1.29 is 19.5 Å². The molecule has 1 heterocycles. The summed E-state index contributed by atoms with van der Waals surface area (Å²) < 4.78 is 10.3. The normalized spacial score (nSPS) is 10.5. The molecule has 0 aliphatic heterocycles. The van der Waals surface area contributed by atoms with E-state index in [2.05, 4.69) is 10.1 Å². The highest BCUT2D eigenvalue weighted by molar-refractivity contribution is 5.62. The Hall–Kier alpha value is -3.02. The first-order valence-electron chi connectivity index (χ1n) is 6.18. The quantitative estimate of drug-likeness (QED) is 0.719. The van der Waals surface area contributed by atoms with Crippen LogP contribution in [-0.4, -0.2) is 27.5 Å². The van der Waals surface area contributed by atoms with Gasteiger partial charge in [-0.2, -0.15) is 4.98 Å². The molecule has 0 spiro atoms. The van der Waals surface area contributed by atoms with Crippen LogP contribution in [0, 0.1) is 0 Å². The van der Waals surface area contributed by atoms with Gasteiger partial charge in [-0.15, -0.1) is 0 Å². The largest absolute Gasteiger partial charge is 0.504 e. The molecule has 0 atom stereocenters. The first kappa shape index (κ1) is 13.0. The number of hydrogen-bond donors (Lipinski definition) is 2. The number of hydrogen-bond acceptors (Lipinski definition) is 6. The third kappa shape index (κ3) is 2.51. The predicted octanol–water partition coefficient (Wildman–Crippen LogP) is 2.82. The van der Waals surface area contributed by atoms with Crippen molar-refractivity contribution in [3.05, 3.63) is 42.5 Å². The van der Waals surface area contributed by atoms with Crippen LogP contribution in [0.15, 0.2) is 47.0 Å². The van der Waals surface area contributed by atoms with Crippen LogP contribution >= 0.6 is 0 Å². The zero-order valence-electron chi connectivity index (χ0n) is 11.1. The number of benzene rings is 2. The molecule has 0 radical (unpaired) electrons. The number of phenols is 2. The summed E-state index contributed by atoms with van der Waals surface area (Å²) in [5.41, 5.74) is 1.31. The maximum absolute atomic E-state index is 9.49. The van der Waals surface area contributed by atoms with E-state index in [1.165, 1.54) is 12.1 Å². The molecule has 0 aliphatic carbocycles. The number of aromatic nitrogens is 2. The van der Waals surface area contributed by atoms with Crippen LogP contribution in [0.4, 0.5) is 0 Å². The van der Waals surface area contributed by atoms with Gasteiger partial charge in [-0.1, -0.05) is 5.16 Å². The summed E-state index contributed by atoms with van der Waals surface area (Å²) >= 11 is 0. The lowest BCUT2D eigenvalue weighted by atomic mass is 10.2. The molecule has 0 bridgehead atoms. The molecule has 106 valence electrons. The molecule has 0 fully saturated rings. The van der Waals surface area contributed by atoms with E-state index < -0.39 is 0 Å². The molecule has 21 heavy (non-hydrogen) atoms. The van der Waals surface area contributed by atoms with Gasteiger partial charge in [0.2, 0.25) is 5.82 Å². The fourth-order valence-corrected chi connectivity index (χ4v) is 1.85. The van der Waals surface area contributed by atoms with Crippen molar-refractivity contribution >= 4 is 0 Å². The van der Waals surface area contributed by atoms with Crippen molar-refractivity contribution in [2.75, 3.05) is 7.11 Å². The summed E-state index contributed by atoms with van der Waals surface area (Å²) in [5.74, 6) is 0.993. The first-order chi connectivity index (χ1) is 10.2. The molecule has 0 unspecified atom stereocenters. The van der Waals surface area contributed by atoms with E-state index in [-0.39, 0.29) is 17.4 Å². The standard InChI is InChI=1S/C15H12N2O4/c1-20-11-5-2-9(3-6-11)14-16-15(21-17-14)10-4-7-12(18)13(19)8-10/h2-8,18-19H,1H3. The Balaban J connectivity index is 1.93. The monoisotopic (exact) mass is 284 g/mol. The topological polar surface area (TPSA) is 88.6 Å². The Morgan fingerprint density at radius 1 is 0.952 bits per heavy atom. The minimum atomic E-state index is -0.239. The van der Waals surface area contributed by atoms with Gasteiger partial charge in [-0.05, 0) is 42.5 Å². The first-order valence-corrected chi connectivity index (χ1v) is 6.18. The molecule has 0 amide bonds. The van der Waals surface area contributed by atoms with E-state index in [0.717, 1.165) is 11.3 Å². The van der Waals surface area contributed by atoms with Gasteiger partial charge in [-0.25, -0.2) is 0 Å². The summed E-state index contributed by atoms with van der Waals surface area (Å²) in [4.78, 5) is 4.27. The smallest absolute Gasteiger partial charge is 0.258 e. The Kier molecular flexibility index (Phi) is 3.19. The van der Waals surface area contributed by atoms with Crippen LogP contribution in [0.5, 0.6) is 17.2 Å². The molecule has 0 saturated carbocycles. The molecule has 2 aromatic carbocycles. The maximum atomic E-state index is 9.49. The molecular weight excluding hydrogens is 272 g/mol. The average molecular weight is 284 g/mol. The molecular formula is C15H12N2O4. The minimum absolute atomic E-state index is 0.200. The molecule has 0 aliphatic rings. The summed E-state index contributed by atoms with van der Waals surface area (Å²) in [6, 6.07) is 11.6. The summed E-state index contributed by atoms with van der Waals surface area (Å²) in [5, 5.41) is 22.7. The summed E-state index contributed by atoms with van der Waals surface area (Å²) in [6.07, 6.45) is 0. The SMILES string of the molecule is COc1ccc(-c2noc(-c3ccc(O)c(O)c3)n2)cc1. The lowest BCUT2D eigenvalue weighted by Crippen LogP contribution is -1.84. The maximum Gasteiger partial charge on any atom is 0.258 e. The Bertz CT molecular complexity index is 766. The molecule has 2 N–H and O–H groups in total. The van der Waals surface area contributed by atoms with Gasteiger partial charge in [0.15, 0.2) is 11.5 Å². The van der Waals surface area contributed by atoms with E-state index in [1.54, 1.807) is 25.3 Å². The summed E-state index contributed by atoms with van der Waals surface area (Å²) in [7, 11) is 1.60. The lowest BCUT2D eigenvalue weighted by Gasteiger charge is -1.99. The Morgan fingerprint density at radius 3 is 2.33 bits per heavy atom. The number of phenolic OH excluding ortho intramolecular Hbond substituents is 2. The second-order valence-electron chi connectivity index (χ2n) is 4.36. The molecule has 6 nitrogen and oxygen atoms in total. The molecule has 0 saturated heterocycles. The van der Waals surface area contributed by atoms with Crippen molar-refractivity contribution in [3.63, 3.8) is 0 Å². The van der Waals surface area contributed by atoms with Crippen molar-refractivity contribution in [3.8, 4) is 40.1 Å². The molecule has 3 rings (SSSR count). The highest BCUT2D eigenvalue weighted by Gasteiger charge is 2.12. The van der Waals surface area contributed by atoms with Crippen molar-refractivity contribution in [2.24, 2.45) is 0 Å². The van der Waals surface area contributed by atoms with Crippen LogP contribution in [0.2, 0.25) is 0 Å². The van der Waals surface area contributed by atoms with Gasteiger partial charge in [0.1, 0.15) is 5.75 Å². The van der Waals surface area contributed by atoms with Gasteiger partial charge >= 0.3 is 0 Å². The van der Waals surface area contributed by atoms with Crippen molar-refractivity contribution in [1.82, 2.24) is 10.1 Å². The zero-order valence-corrected chi connectivity index (χ0v) is 11.1. The third-order valence-corrected chi connectivity index (χ3v) is 3.00. The Morgan fingerprint density at radius 2 is 1.67 bits per heavy atom. The average Bonchev–Trinajstić information content (AvgIpc) is 3.00. The van der Waals surface area contributed by atoms with E-state index in [9.17, 15) is 10.2 Å². The number of ether oxygens (including phenoxy) is 1. The number of aromatic hydroxyl groups is 2. The van der Waals surface area contributed by atoms with Crippen LogP contribution in [-0.2, 0) is 0 Å². The molecule has 3 aromatic rings. The van der Waals surface area contributed by atoms with Crippen LogP contribution in [0.1, 0.15) is 0 Å². The molecule has 1 aromatic heterocycles. The number of rotatable bonds is 3. The van der Waals surface area contributed by atoms with Gasteiger partial charge in [-0.3, -0.25) is 0 Å². The second-order valence-corrected chi connectivity index (χ2v) is 4.36. The number of methoxy groups -OCH3 is 1. The Labute approximate surface area is 120 Å². The van der Waals surface area contributed by atoms with Gasteiger partial charge in [0, 0.05) is 11.1 Å². The van der Waals surface area contributed by atoms with Crippen LogP contribution in [0.3, 0.4) is 0 Å². The highest BCUT2D eigenvalue weighted by atomic mass is 16.5. The minimum Gasteiger partial charge on any atom is -0.504 e. The van der Waals surface area contributed by atoms with Crippen molar-refractivity contribution in [1.29, 1.82) is 0 Å². The fraction of sp³-hybridized carbons (Fsp3) is 0.0667. The van der Waals surface area contributed by atoms with Crippen molar-refractivity contribution in [2.45, 2.75) is 0 Å². The van der Waals surface area contributed by atoms with Gasteiger partial charge < -0.3 is 19.5 Å².